The third-order valence-electron chi connectivity index (χ3n) is 4.38. The molecule has 0 saturated heterocycles. The van der Waals surface area contributed by atoms with Gasteiger partial charge in [-0.3, -0.25) is 4.98 Å². The zero-order valence-electron chi connectivity index (χ0n) is 14.4. The number of rotatable bonds is 4. The Balaban J connectivity index is 1.65. The molecule has 2 aromatic carbocycles. The summed E-state index contributed by atoms with van der Waals surface area (Å²) in [6.07, 6.45) is 3.60. The Labute approximate surface area is 155 Å². The van der Waals surface area contributed by atoms with Crippen LogP contribution in [0.15, 0.2) is 79.1 Å². The quantitative estimate of drug-likeness (QED) is 0.530. The molecule has 0 aliphatic carbocycles. The Morgan fingerprint density at radius 1 is 0.852 bits per heavy atom. The molecule has 0 saturated carbocycles. The van der Waals surface area contributed by atoms with Crippen molar-refractivity contribution in [3.8, 4) is 11.4 Å². The molecule has 0 unspecified atom stereocenters. The Hall–Kier alpha value is -3.80. The van der Waals surface area contributed by atoms with Crippen molar-refractivity contribution >= 4 is 22.5 Å². The van der Waals surface area contributed by atoms with E-state index in [0.29, 0.717) is 18.3 Å². The van der Waals surface area contributed by atoms with Crippen LogP contribution in [0.2, 0.25) is 0 Å². The van der Waals surface area contributed by atoms with Gasteiger partial charge in [0.2, 0.25) is 5.95 Å². The van der Waals surface area contributed by atoms with Crippen molar-refractivity contribution in [2.24, 2.45) is 0 Å². The van der Waals surface area contributed by atoms with Crippen molar-refractivity contribution in [1.82, 2.24) is 24.6 Å². The maximum Gasteiger partial charge on any atom is 0.226 e. The largest absolute Gasteiger partial charge is 0.350 e. The van der Waals surface area contributed by atoms with Crippen LogP contribution in [-0.4, -0.2) is 24.6 Å². The summed E-state index contributed by atoms with van der Waals surface area (Å²) in [6, 6.07) is 21.9. The molecule has 0 fully saturated rings. The summed E-state index contributed by atoms with van der Waals surface area (Å²) in [4.78, 5) is 13.7. The summed E-state index contributed by atoms with van der Waals surface area (Å²) in [6.45, 7) is 0.606. The van der Waals surface area contributed by atoms with Crippen LogP contribution in [0.25, 0.3) is 27.9 Å². The minimum Gasteiger partial charge on any atom is -0.350 e. The zero-order chi connectivity index (χ0) is 18.1. The molecule has 1 N–H and O–H groups in total. The van der Waals surface area contributed by atoms with Gasteiger partial charge in [0.1, 0.15) is 0 Å². The number of hydrogen-bond acceptors (Lipinski definition) is 5. The Morgan fingerprint density at radius 2 is 1.70 bits per heavy atom. The van der Waals surface area contributed by atoms with E-state index in [1.54, 1.807) is 10.7 Å². The lowest BCUT2D eigenvalue weighted by Crippen LogP contribution is -2.08. The summed E-state index contributed by atoms with van der Waals surface area (Å²) >= 11 is 0. The van der Waals surface area contributed by atoms with Crippen LogP contribution < -0.4 is 5.32 Å². The summed E-state index contributed by atoms with van der Waals surface area (Å²) in [5.41, 5.74) is 3.71. The van der Waals surface area contributed by atoms with Crippen LogP contribution in [0.5, 0.6) is 0 Å². The monoisotopic (exact) mass is 352 g/mol. The number of anilines is 1. The Bertz CT molecular complexity index is 1220. The zero-order valence-corrected chi connectivity index (χ0v) is 14.4. The predicted octanol–water partition coefficient (Wildman–Crippen LogP) is 3.95. The SMILES string of the molecule is c1ccc(-c2nc3c4ccccc4nc(NCc4cccnc4)n3n2)cc1. The number of nitrogens with one attached hydrogen (secondary N) is 1. The van der Waals surface area contributed by atoms with E-state index in [2.05, 4.69) is 10.3 Å². The smallest absolute Gasteiger partial charge is 0.226 e. The minimum absolute atomic E-state index is 0.606. The van der Waals surface area contributed by atoms with Crippen LogP contribution in [0.4, 0.5) is 5.95 Å². The fourth-order valence-electron chi connectivity index (χ4n) is 3.06. The van der Waals surface area contributed by atoms with E-state index in [1.807, 2.05) is 72.9 Å². The highest BCUT2D eigenvalue weighted by molar-refractivity contribution is 5.92. The minimum atomic E-state index is 0.606. The van der Waals surface area contributed by atoms with E-state index in [0.717, 1.165) is 27.7 Å². The first-order valence-corrected chi connectivity index (χ1v) is 8.72. The number of hydrogen-bond donors (Lipinski definition) is 1. The lowest BCUT2D eigenvalue weighted by atomic mass is 10.2. The van der Waals surface area contributed by atoms with Gasteiger partial charge >= 0.3 is 0 Å². The van der Waals surface area contributed by atoms with Gasteiger partial charge in [-0.25, -0.2) is 9.97 Å². The van der Waals surface area contributed by atoms with Gasteiger partial charge in [0.25, 0.3) is 0 Å². The molecule has 3 heterocycles. The molecule has 0 spiro atoms. The molecule has 0 amide bonds. The van der Waals surface area contributed by atoms with Crippen LogP contribution in [0.1, 0.15) is 5.56 Å². The van der Waals surface area contributed by atoms with Crippen molar-refractivity contribution in [2.75, 3.05) is 5.32 Å². The molecule has 0 atom stereocenters. The molecule has 0 radical (unpaired) electrons. The standard InChI is InChI=1S/C21H16N6/c1-2-8-16(9-3-1)19-25-20-17-10-4-5-11-18(17)24-21(27(20)26-19)23-14-15-7-6-12-22-13-15/h1-13H,14H2,(H,23,24). The molecule has 6 heteroatoms. The van der Waals surface area contributed by atoms with Gasteiger partial charge in [-0.05, 0) is 23.8 Å². The first kappa shape index (κ1) is 15.5. The first-order chi connectivity index (χ1) is 13.4. The fraction of sp³-hybridized carbons (Fsp3) is 0.0476. The molecular weight excluding hydrogens is 336 g/mol. The van der Waals surface area contributed by atoms with Gasteiger partial charge in [0.05, 0.1) is 5.52 Å². The number of pyridine rings is 1. The highest BCUT2D eigenvalue weighted by Gasteiger charge is 2.14. The maximum atomic E-state index is 4.79. The molecule has 5 aromatic rings. The molecular formula is C21H16N6. The van der Waals surface area contributed by atoms with Gasteiger partial charge < -0.3 is 5.32 Å². The number of fused-ring (bicyclic) bond motifs is 3. The topological polar surface area (TPSA) is 68.0 Å². The van der Waals surface area contributed by atoms with Gasteiger partial charge in [-0.15, -0.1) is 5.10 Å². The van der Waals surface area contributed by atoms with Crippen LogP contribution in [-0.2, 0) is 6.54 Å². The third kappa shape index (κ3) is 2.87. The summed E-state index contributed by atoms with van der Waals surface area (Å²) in [5, 5.41) is 9.05. The number of para-hydroxylation sites is 1. The summed E-state index contributed by atoms with van der Waals surface area (Å²) in [7, 11) is 0. The van der Waals surface area contributed by atoms with E-state index >= 15 is 0 Å². The highest BCUT2D eigenvalue weighted by atomic mass is 15.4. The maximum absolute atomic E-state index is 4.79. The highest BCUT2D eigenvalue weighted by Crippen LogP contribution is 2.24. The molecule has 27 heavy (non-hydrogen) atoms. The lowest BCUT2D eigenvalue weighted by Gasteiger charge is -2.08. The number of aromatic nitrogens is 5. The van der Waals surface area contributed by atoms with Crippen molar-refractivity contribution in [1.29, 1.82) is 0 Å². The average molecular weight is 352 g/mol. The van der Waals surface area contributed by atoms with Gasteiger partial charge in [-0.2, -0.15) is 4.52 Å². The number of benzene rings is 2. The second kappa shape index (κ2) is 6.49. The Morgan fingerprint density at radius 3 is 2.56 bits per heavy atom. The Kier molecular flexibility index (Phi) is 3.72. The van der Waals surface area contributed by atoms with Crippen molar-refractivity contribution in [3.05, 3.63) is 84.7 Å². The molecule has 0 bridgehead atoms. The first-order valence-electron chi connectivity index (χ1n) is 8.72. The predicted molar refractivity (Wildman–Crippen MR) is 105 cm³/mol. The second-order valence-electron chi connectivity index (χ2n) is 6.20. The van der Waals surface area contributed by atoms with E-state index < -0.39 is 0 Å². The fourth-order valence-corrected chi connectivity index (χ4v) is 3.06. The van der Waals surface area contributed by atoms with E-state index in [9.17, 15) is 0 Å². The van der Waals surface area contributed by atoms with Gasteiger partial charge in [0.15, 0.2) is 11.5 Å². The summed E-state index contributed by atoms with van der Waals surface area (Å²) in [5.74, 6) is 1.33. The van der Waals surface area contributed by atoms with Crippen LogP contribution in [0, 0.1) is 0 Å². The molecule has 5 rings (SSSR count). The second-order valence-corrected chi connectivity index (χ2v) is 6.20. The van der Waals surface area contributed by atoms with Crippen LogP contribution in [0.3, 0.4) is 0 Å². The molecule has 0 aliphatic rings. The van der Waals surface area contributed by atoms with Crippen molar-refractivity contribution in [2.45, 2.75) is 6.54 Å². The average Bonchev–Trinajstić information content (AvgIpc) is 3.19. The van der Waals surface area contributed by atoms with Gasteiger partial charge in [-0.1, -0.05) is 48.5 Å². The normalized spacial score (nSPS) is 11.1. The molecule has 130 valence electrons. The van der Waals surface area contributed by atoms with Crippen molar-refractivity contribution in [3.63, 3.8) is 0 Å². The lowest BCUT2D eigenvalue weighted by molar-refractivity contribution is 0.919. The molecule has 3 aromatic heterocycles. The molecule has 6 nitrogen and oxygen atoms in total. The van der Waals surface area contributed by atoms with Gasteiger partial charge in [0, 0.05) is 29.9 Å². The van der Waals surface area contributed by atoms with Crippen molar-refractivity contribution < 1.29 is 0 Å². The van der Waals surface area contributed by atoms with E-state index in [4.69, 9.17) is 15.1 Å². The summed E-state index contributed by atoms with van der Waals surface area (Å²) < 4.78 is 1.78. The number of nitrogens with zero attached hydrogens (tertiary/aromatic N) is 5. The third-order valence-corrected chi connectivity index (χ3v) is 4.38. The van der Waals surface area contributed by atoms with Crippen LogP contribution >= 0.6 is 0 Å². The molecule has 0 aliphatic heterocycles. The van der Waals surface area contributed by atoms with E-state index in [-0.39, 0.29) is 0 Å². The van der Waals surface area contributed by atoms with E-state index in [1.165, 1.54) is 0 Å².